The minimum absolute atomic E-state index is 1.14. The highest BCUT2D eigenvalue weighted by Gasteiger charge is 2.34. The standard InChI is InChI=1S/C14H2F9N/c15-6-3(1-2-24)7(16)9(18)4(8(6)17)5-10(19)12(21)14(23)13(22)11(5)20/h1H2. The first kappa shape index (κ1) is 17.7. The summed E-state index contributed by atoms with van der Waals surface area (Å²) in [5.74, 6) is -22.2. The van der Waals surface area contributed by atoms with Crippen LogP contribution in [0, 0.1) is 63.7 Å². The van der Waals surface area contributed by atoms with Gasteiger partial charge in [0.05, 0.1) is 23.6 Å². The largest absolute Gasteiger partial charge is 0.203 e. The molecule has 126 valence electrons. The Morgan fingerprint density at radius 1 is 0.500 bits per heavy atom. The molecular weight excluding hydrogens is 353 g/mol. The third-order valence-corrected chi connectivity index (χ3v) is 3.07. The highest BCUT2D eigenvalue weighted by molar-refractivity contribution is 5.68. The van der Waals surface area contributed by atoms with E-state index in [1.165, 1.54) is 6.07 Å². The van der Waals surface area contributed by atoms with Crippen LogP contribution in [0.5, 0.6) is 0 Å². The van der Waals surface area contributed by atoms with Crippen molar-refractivity contribution in [1.82, 2.24) is 0 Å². The van der Waals surface area contributed by atoms with Crippen molar-refractivity contribution < 1.29 is 39.5 Å². The highest BCUT2D eigenvalue weighted by Crippen LogP contribution is 2.37. The van der Waals surface area contributed by atoms with E-state index in [-0.39, 0.29) is 0 Å². The van der Waals surface area contributed by atoms with Gasteiger partial charge in [0.2, 0.25) is 5.82 Å². The van der Waals surface area contributed by atoms with E-state index in [1.807, 2.05) is 0 Å². The number of hydrogen-bond donors (Lipinski definition) is 0. The molecule has 2 aromatic carbocycles. The zero-order valence-electron chi connectivity index (χ0n) is 11.1. The molecule has 0 unspecified atom stereocenters. The predicted molar refractivity (Wildman–Crippen MR) is 60.8 cm³/mol. The molecule has 0 aliphatic rings. The molecule has 0 N–H and O–H groups in total. The first-order chi connectivity index (χ1) is 11.1. The van der Waals surface area contributed by atoms with Crippen LogP contribution >= 0.6 is 0 Å². The van der Waals surface area contributed by atoms with Gasteiger partial charge in [-0.25, -0.2) is 39.5 Å². The quantitative estimate of drug-likeness (QED) is 0.436. The zero-order chi connectivity index (χ0) is 18.3. The molecule has 0 heterocycles. The summed E-state index contributed by atoms with van der Waals surface area (Å²) < 4.78 is 121. The second-order valence-corrected chi connectivity index (χ2v) is 4.39. The summed E-state index contributed by atoms with van der Waals surface area (Å²) in [6.07, 6.45) is -1.14. The van der Waals surface area contributed by atoms with Crippen LogP contribution in [0.25, 0.3) is 11.1 Å². The third-order valence-electron chi connectivity index (χ3n) is 3.07. The Hall–Kier alpha value is -2.70. The van der Waals surface area contributed by atoms with Gasteiger partial charge in [0.25, 0.3) is 0 Å². The molecule has 10 heteroatoms. The predicted octanol–water partition coefficient (Wildman–Crippen LogP) is 4.67. The average Bonchev–Trinajstić information content (AvgIpc) is 2.56. The van der Waals surface area contributed by atoms with Gasteiger partial charge in [-0.2, -0.15) is 5.26 Å². The van der Waals surface area contributed by atoms with Gasteiger partial charge in [0.1, 0.15) is 0 Å². The topological polar surface area (TPSA) is 23.8 Å². The van der Waals surface area contributed by atoms with Gasteiger partial charge in [0.15, 0.2) is 46.5 Å². The SMILES string of the molecule is N#CCc1c(F)c(F)c(-c2c(F)c(F)c(F)c(F)c2F)c(F)c1F. The summed E-state index contributed by atoms with van der Waals surface area (Å²) in [6, 6.07) is 1.20. The lowest BCUT2D eigenvalue weighted by Crippen LogP contribution is -2.10. The van der Waals surface area contributed by atoms with Crippen LogP contribution in [0.2, 0.25) is 0 Å². The van der Waals surface area contributed by atoms with Crippen molar-refractivity contribution in [3.8, 4) is 17.2 Å². The molecule has 0 amide bonds. The van der Waals surface area contributed by atoms with Crippen molar-refractivity contribution in [3.63, 3.8) is 0 Å². The van der Waals surface area contributed by atoms with E-state index in [1.54, 1.807) is 0 Å². The summed E-state index contributed by atoms with van der Waals surface area (Å²) in [6.45, 7) is 0. The Morgan fingerprint density at radius 3 is 1.12 bits per heavy atom. The molecule has 0 aromatic heterocycles. The molecule has 0 atom stereocenters. The number of halogens is 9. The van der Waals surface area contributed by atoms with Gasteiger partial charge in [-0.15, -0.1) is 0 Å². The lowest BCUT2D eigenvalue weighted by Gasteiger charge is -2.13. The average molecular weight is 355 g/mol. The molecule has 0 saturated carbocycles. The summed E-state index contributed by atoms with van der Waals surface area (Å²) in [7, 11) is 0. The smallest absolute Gasteiger partial charge is 0.200 e. The second kappa shape index (κ2) is 6.07. The van der Waals surface area contributed by atoms with Crippen LogP contribution in [0.1, 0.15) is 5.56 Å². The molecule has 0 fully saturated rings. The van der Waals surface area contributed by atoms with Crippen molar-refractivity contribution in [1.29, 1.82) is 5.26 Å². The molecule has 0 bridgehead atoms. The number of hydrogen-bond acceptors (Lipinski definition) is 1. The summed E-state index contributed by atoms with van der Waals surface area (Å²) in [4.78, 5) is 0. The molecule has 0 radical (unpaired) electrons. The maximum Gasteiger partial charge on any atom is 0.200 e. The molecule has 24 heavy (non-hydrogen) atoms. The van der Waals surface area contributed by atoms with E-state index in [9.17, 15) is 39.5 Å². The molecule has 0 aliphatic carbocycles. The molecule has 0 spiro atoms. The van der Waals surface area contributed by atoms with Gasteiger partial charge >= 0.3 is 0 Å². The normalized spacial score (nSPS) is 10.8. The molecule has 0 aliphatic heterocycles. The monoisotopic (exact) mass is 355 g/mol. The summed E-state index contributed by atoms with van der Waals surface area (Å²) >= 11 is 0. The number of benzene rings is 2. The van der Waals surface area contributed by atoms with E-state index in [0.29, 0.717) is 0 Å². The fourth-order valence-corrected chi connectivity index (χ4v) is 1.96. The molecule has 2 rings (SSSR count). The van der Waals surface area contributed by atoms with Crippen LogP contribution in [0.4, 0.5) is 39.5 Å². The fraction of sp³-hybridized carbons (Fsp3) is 0.0714. The Labute approximate surface area is 127 Å². The van der Waals surface area contributed by atoms with Gasteiger partial charge in [-0.3, -0.25) is 0 Å². The van der Waals surface area contributed by atoms with Gasteiger partial charge in [-0.1, -0.05) is 0 Å². The Kier molecular flexibility index (Phi) is 4.46. The summed E-state index contributed by atoms with van der Waals surface area (Å²) in [5.41, 5.74) is -5.66. The number of nitrogens with zero attached hydrogens (tertiary/aromatic N) is 1. The Balaban J connectivity index is 2.98. The Bertz CT molecular complexity index is 841. The lowest BCUT2D eigenvalue weighted by atomic mass is 9.98. The number of rotatable bonds is 2. The van der Waals surface area contributed by atoms with E-state index < -0.39 is 75.5 Å². The first-order valence-electron chi connectivity index (χ1n) is 5.88. The summed E-state index contributed by atoms with van der Waals surface area (Å²) in [5, 5.41) is 8.34. The van der Waals surface area contributed by atoms with Crippen LogP contribution < -0.4 is 0 Å². The van der Waals surface area contributed by atoms with Crippen LogP contribution in [-0.4, -0.2) is 0 Å². The van der Waals surface area contributed by atoms with E-state index in [2.05, 4.69) is 0 Å². The number of nitriles is 1. The van der Waals surface area contributed by atoms with Crippen molar-refractivity contribution >= 4 is 0 Å². The third kappa shape index (κ3) is 2.36. The Morgan fingerprint density at radius 2 is 0.792 bits per heavy atom. The molecular formula is C14H2F9N. The molecule has 1 nitrogen and oxygen atoms in total. The maximum atomic E-state index is 13.9. The minimum atomic E-state index is -2.63. The fourth-order valence-electron chi connectivity index (χ4n) is 1.96. The van der Waals surface area contributed by atoms with E-state index in [4.69, 9.17) is 5.26 Å². The van der Waals surface area contributed by atoms with Crippen molar-refractivity contribution in [2.75, 3.05) is 0 Å². The van der Waals surface area contributed by atoms with Crippen LogP contribution in [-0.2, 0) is 6.42 Å². The van der Waals surface area contributed by atoms with Gasteiger partial charge in [-0.05, 0) is 0 Å². The molecule has 0 saturated heterocycles. The van der Waals surface area contributed by atoms with Crippen LogP contribution in [0.15, 0.2) is 0 Å². The van der Waals surface area contributed by atoms with Crippen molar-refractivity contribution in [3.05, 3.63) is 57.9 Å². The maximum absolute atomic E-state index is 13.9. The van der Waals surface area contributed by atoms with Gasteiger partial charge in [0, 0.05) is 5.56 Å². The lowest BCUT2D eigenvalue weighted by molar-refractivity contribution is 0.379. The second-order valence-electron chi connectivity index (χ2n) is 4.39. The van der Waals surface area contributed by atoms with Crippen LogP contribution in [0.3, 0.4) is 0 Å². The van der Waals surface area contributed by atoms with E-state index in [0.717, 1.165) is 0 Å². The van der Waals surface area contributed by atoms with Crippen molar-refractivity contribution in [2.45, 2.75) is 6.42 Å². The minimum Gasteiger partial charge on any atom is -0.203 e. The first-order valence-corrected chi connectivity index (χ1v) is 5.88. The van der Waals surface area contributed by atoms with E-state index >= 15 is 0 Å². The van der Waals surface area contributed by atoms with Gasteiger partial charge < -0.3 is 0 Å². The van der Waals surface area contributed by atoms with Crippen molar-refractivity contribution in [2.24, 2.45) is 0 Å². The highest BCUT2D eigenvalue weighted by atomic mass is 19.2. The zero-order valence-corrected chi connectivity index (χ0v) is 11.1. The molecule has 2 aromatic rings.